The number of likely N-dealkylation sites (tertiary alicyclic amines) is 1. The van der Waals surface area contributed by atoms with Gasteiger partial charge in [0, 0.05) is 36.7 Å². The fraction of sp³-hybridized carbons (Fsp3) is 0.263. The summed E-state index contributed by atoms with van der Waals surface area (Å²) in [6.07, 6.45) is 1.90. The van der Waals surface area contributed by atoms with Crippen LogP contribution in [0, 0.1) is 10.1 Å². The molecule has 1 saturated heterocycles. The number of thiazole rings is 1. The van der Waals surface area contributed by atoms with E-state index in [1.165, 1.54) is 12.1 Å². The molecule has 0 unspecified atom stereocenters. The third-order valence-electron chi connectivity index (χ3n) is 4.67. The minimum atomic E-state index is -0.475. The predicted molar refractivity (Wildman–Crippen MR) is 101 cm³/mol. The molecule has 7 heteroatoms. The van der Waals surface area contributed by atoms with Gasteiger partial charge in [0.2, 0.25) is 0 Å². The van der Waals surface area contributed by atoms with Crippen LogP contribution in [0.3, 0.4) is 0 Å². The van der Waals surface area contributed by atoms with Gasteiger partial charge in [-0.2, -0.15) is 0 Å². The van der Waals surface area contributed by atoms with Crippen molar-refractivity contribution >= 4 is 33.1 Å². The molecule has 1 aliphatic rings. The van der Waals surface area contributed by atoms with Crippen LogP contribution in [0.25, 0.3) is 10.2 Å². The Bertz CT molecular complexity index is 952. The number of amides is 1. The van der Waals surface area contributed by atoms with Gasteiger partial charge < -0.3 is 4.90 Å². The number of non-ortho nitro benzene ring substituents is 1. The Morgan fingerprint density at radius 1 is 1.23 bits per heavy atom. The summed E-state index contributed by atoms with van der Waals surface area (Å²) in [6, 6.07) is 14.0. The number of nitro benzene ring substituents is 1. The summed E-state index contributed by atoms with van der Waals surface area (Å²) >= 11 is 1.68. The molecule has 2 heterocycles. The smallest absolute Gasteiger partial charge is 0.270 e. The van der Waals surface area contributed by atoms with Gasteiger partial charge in [-0.25, -0.2) is 4.98 Å². The number of benzene rings is 2. The fourth-order valence-electron chi connectivity index (χ4n) is 3.36. The topological polar surface area (TPSA) is 76.3 Å². The largest absolute Gasteiger partial charge is 0.338 e. The number of carbonyl (C=O) groups excluding carboxylic acids is 1. The molecule has 2 aromatic carbocycles. The first-order valence-electron chi connectivity index (χ1n) is 8.51. The van der Waals surface area contributed by atoms with E-state index in [2.05, 4.69) is 6.07 Å². The minimum absolute atomic E-state index is 0.0596. The second-order valence-electron chi connectivity index (χ2n) is 6.42. The first-order chi connectivity index (χ1) is 12.6. The number of piperidine rings is 1. The molecule has 1 aromatic heterocycles. The van der Waals surface area contributed by atoms with Crippen LogP contribution in [0.1, 0.15) is 34.1 Å². The second-order valence-corrected chi connectivity index (χ2v) is 7.48. The molecule has 26 heavy (non-hydrogen) atoms. The molecular weight excluding hydrogens is 350 g/mol. The molecule has 132 valence electrons. The van der Waals surface area contributed by atoms with E-state index in [0.717, 1.165) is 28.1 Å². The van der Waals surface area contributed by atoms with E-state index in [0.29, 0.717) is 18.7 Å². The average molecular weight is 367 g/mol. The molecule has 4 rings (SSSR count). The zero-order chi connectivity index (χ0) is 18.1. The Balaban J connectivity index is 1.55. The van der Waals surface area contributed by atoms with Crippen molar-refractivity contribution in [1.82, 2.24) is 9.88 Å². The van der Waals surface area contributed by atoms with E-state index in [9.17, 15) is 14.9 Å². The van der Waals surface area contributed by atoms with Crippen LogP contribution in [0.5, 0.6) is 0 Å². The van der Waals surface area contributed by atoms with E-state index in [4.69, 9.17) is 4.98 Å². The number of nitro groups is 1. The van der Waals surface area contributed by atoms with Gasteiger partial charge >= 0.3 is 0 Å². The summed E-state index contributed by atoms with van der Waals surface area (Å²) < 4.78 is 1.16. The molecule has 0 aliphatic carbocycles. The van der Waals surface area contributed by atoms with Gasteiger partial charge in [0.05, 0.1) is 20.1 Å². The van der Waals surface area contributed by atoms with Gasteiger partial charge in [0.15, 0.2) is 0 Å². The van der Waals surface area contributed by atoms with Crippen LogP contribution in [0.4, 0.5) is 5.69 Å². The number of hydrogen-bond acceptors (Lipinski definition) is 5. The van der Waals surface area contributed by atoms with E-state index < -0.39 is 4.92 Å². The first-order valence-corrected chi connectivity index (χ1v) is 9.32. The molecule has 6 nitrogen and oxygen atoms in total. The zero-order valence-corrected chi connectivity index (χ0v) is 14.8. The predicted octanol–water partition coefficient (Wildman–Crippen LogP) is 4.22. The van der Waals surface area contributed by atoms with Crippen molar-refractivity contribution < 1.29 is 9.72 Å². The van der Waals surface area contributed by atoms with Crippen molar-refractivity contribution in [2.45, 2.75) is 18.8 Å². The van der Waals surface area contributed by atoms with E-state index >= 15 is 0 Å². The van der Waals surface area contributed by atoms with Crippen LogP contribution in [0.2, 0.25) is 0 Å². The normalized spacial score (nSPS) is 17.4. The Labute approximate surface area is 154 Å². The van der Waals surface area contributed by atoms with Crippen molar-refractivity contribution in [3.8, 4) is 0 Å². The van der Waals surface area contributed by atoms with Crippen molar-refractivity contribution in [3.63, 3.8) is 0 Å². The summed E-state index contributed by atoms with van der Waals surface area (Å²) in [5.41, 5.74) is 1.30. The lowest BCUT2D eigenvalue weighted by Gasteiger charge is -2.31. The quantitative estimate of drug-likeness (QED) is 0.513. The standard InChI is InChI=1S/C19H17N3O3S/c23-19(13-5-3-7-15(11-13)22(24)25)21-10-4-6-14(12-21)18-20-16-8-1-2-9-17(16)26-18/h1-3,5,7-9,11,14H,4,6,10,12H2/t14-/m1/s1. The monoisotopic (exact) mass is 367 g/mol. The number of fused-ring (bicyclic) bond motifs is 1. The van der Waals surface area contributed by atoms with Crippen LogP contribution in [0.15, 0.2) is 48.5 Å². The highest BCUT2D eigenvalue weighted by atomic mass is 32.1. The summed E-state index contributed by atoms with van der Waals surface area (Å²) in [5.74, 6) is 0.0586. The Kier molecular flexibility index (Phi) is 4.38. The van der Waals surface area contributed by atoms with Crippen molar-refractivity contribution in [3.05, 3.63) is 69.2 Å². The minimum Gasteiger partial charge on any atom is -0.338 e. The number of para-hydroxylation sites is 1. The third-order valence-corrected chi connectivity index (χ3v) is 5.87. The highest BCUT2D eigenvalue weighted by Gasteiger charge is 2.28. The number of aromatic nitrogens is 1. The van der Waals surface area contributed by atoms with Gasteiger partial charge in [-0.3, -0.25) is 14.9 Å². The van der Waals surface area contributed by atoms with Crippen LogP contribution >= 0.6 is 11.3 Å². The molecule has 0 radical (unpaired) electrons. The summed E-state index contributed by atoms with van der Waals surface area (Å²) in [4.78, 5) is 29.8. The lowest BCUT2D eigenvalue weighted by atomic mass is 9.98. The molecule has 0 saturated carbocycles. The fourth-order valence-corrected chi connectivity index (χ4v) is 4.46. The third kappa shape index (κ3) is 3.17. The molecule has 0 bridgehead atoms. The molecular formula is C19H17N3O3S. The highest BCUT2D eigenvalue weighted by molar-refractivity contribution is 7.18. The second kappa shape index (κ2) is 6.84. The van der Waals surface area contributed by atoms with Crippen molar-refractivity contribution in [2.75, 3.05) is 13.1 Å². The van der Waals surface area contributed by atoms with Crippen LogP contribution < -0.4 is 0 Å². The van der Waals surface area contributed by atoms with Gasteiger partial charge in [0.1, 0.15) is 0 Å². The van der Waals surface area contributed by atoms with Crippen molar-refractivity contribution in [2.24, 2.45) is 0 Å². The van der Waals surface area contributed by atoms with E-state index in [1.54, 1.807) is 28.4 Å². The van der Waals surface area contributed by atoms with E-state index in [-0.39, 0.29) is 17.5 Å². The summed E-state index contributed by atoms with van der Waals surface area (Å²) in [5, 5.41) is 12.0. The van der Waals surface area contributed by atoms with Crippen LogP contribution in [-0.2, 0) is 0 Å². The molecule has 1 fully saturated rings. The van der Waals surface area contributed by atoms with Gasteiger partial charge in [-0.05, 0) is 31.0 Å². The maximum atomic E-state index is 12.8. The Morgan fingerprint density at radius 2 is 2.08 bits per heavy atom. The number of nitrogens with zero attached hydrogens (tertiary/aromatic N) is 3. The average Bonchev–Trinajstić information content (AvgIpc) is 3.12. The Morgan fingerprint density at radius 3 is 2.88 bits per heavy atom. The lowest BCUT2D eigenvalue weighted by molar-refractivity contribution is -0.384. The molecule has 0 spiro atoms. The van der Waals surface area contributed by atoms with E-state index in [1.807, 2.05) is 18.2 Å². The number of hydrogen-bond donors (Lipinski definition) is 0. The summed E-state index contributed by atoms with van der Waals surface area (Å²) in [6.45, 7) is 1.27. The Hall–Kier alpha value is -2.80. The number of carbonyl (C=O) groups is 1. The first kappa shape index (κ1) is 16.7. The number of rotatable bonds is 3. The lowest BCUT2D eigenvalue weighted by Crippen LogP contribution is -2.39. The zero-order valence-electron chi connectivity index (χ0n) is 14.0. The molecule has 1 atom stereocenters. The maximum Gasteiger partial charge on any atom is 0.270 e. The van der Waals surface area contributed by atoms with Gasteiger partial charge in [0.25, 0.3) is 11.6 Å². The molecule has 0 N–H and O–H groups in total. The highest BCUT2D eigenvalue weighted by Crippen LogP contribution is 2.33. The van der Waals surface area contributed by atoms with Gasteiger partial charge in [-0.1, -0.05) is 18.2 Å². The van der Waals surface area contributed by atoms with Crippen molar-refractivity contribution in [1.29, 1.82) is 0 Å². The van der Waals surface area contributed by atoms with Crippen LogP contribution in [-0.4, -0.2) is 33.8 Å². The molecule has 1 aliphatic heterocycles. The summed E-state index contributed by atoms with van der Waals surface area (Å²) in [7, 11) is 0. The molecule has 3 aromatic rings. The maximum absolute atomic E-state index is 12.8. The van der Waals surface area contributed by atoms with Gasteiger partial charge in [-0.15, -0.1) is 11.3 Å². The molecule has 1 amide bonds. The SMILES string of the molecule is O=C(c1cccc([N+](=O)[O-])c1)N1CCC[C@@H](c2nc3ccccc3s2)C1.